The van der Waals surface area contributed by atoms with Crippen molar-refractivity contribution in [1.82, 2.24) is 19.3 Å². The van der Waals surface area contributed by atoms with Gasteiger partial charge in [0.25, 0.3) is 10.0 Å². The van der Waals surface area contributed by atoms with E-state index in [-0.39, 0.29) is 23.9 Å². The number of aromatic nitrogens is 3. The van der Waals surface area contributed by atoms with Crippen molar-refractivity contribution in [3.8, 4) is 5.75 Å². The van der Waals surface area contributed by atoms with Crippen molar-refractivity contribution in [2.24, 2.45) is 13.0 Å². The van der Waals surface area contributed by atoms with Gasteiger partial charge in [0.05, 0.1) is 19.4 Å². The second-order valence-corrected chi connectivity index (χ2v) is 9.39. The second kappa shape index (κ2) is 8.84. The molecule has 2 atom stereocenters. The molecule has 2 aliphatic heterocycles. The van der Waals surface area contributed by atoms with E-state index in [4.69, 9.17) is 9.47 Å². The Bertz CT molecular complexity index is 1040. The average molecular weight is 477 g/mol. The first-order valence-electron chi connectivity index (χ1n) is 9.84. The number of anilines is 1. The lowest BCUT2D eigenvalue weighted by Crippen LogP contribution is -2.41. The van der Waals surface area contributed by atoms with E-state index in [0.29, 0.717) is 18.9 Å². The van der Waals surface area contributed by atoms with Crippen LogP contribution in [0, 0.1) is 5.92 Å². The van der Waals surface area contributed by atoms with E-state index in [1.54, 1.807) is 13.1 Å². The summed E-state index contributed by atoms with van der Waals surface area (Å²) >= 11 is 0. The van der Waals surface area contributed by atoms with E-state index in [2.05, 4.69) is 20.4 Å². The predicted molar refractivity (Wildman–Crippen MR) is 104 cm³/mol. The lowest BCUT2D eigenvalue weighted by molar-refractivity contribution is -0.274. The average Bonchev–Trinajstić information content (AvgIpc) is 3.35. The summed E-state index contributed by atoms with van der Waals surface area (Å²) in [6.07, 6.45) is -3.45. The normalized spacial score (nSPS) is 23.4. The zero-order valence-electron chi connectivity index (χ0n) is 17.0. The molecule has 0 unspecified atom stereocenters. The molecule has 2 fully saturated rings. The molecule has 2 aromatic rings. The molecule has 176 valence electrons. The minimum absolute atomic E-state index is 0.0388. The van der Waals surface area contributed by atoms with E-state index >= 15 is 0 Å². The highest BCUT2D eigenvalue weighted by Crippen LogP contribution is 2.32. The van der Waals surface area contributed by atoms with Crippen LogP contribution >= 0.6 is 0 Å². The first-order chi connectivity index (χ1) is 15.1. The molecule has 0 radical (unpaired) electrons. The van der Waals surface area contributed by atoms with Crippen molar-refractivity contribution in [3.63, 3.8) is 0 Å². The van der Waals surface area contributed by atoms with Crippen LogP contribution in [0.1, 0.15) is 6.42 Å². The molecule has 0 amide bonds. The summed E-state index contributed by atoms with van der Waals surface area (Å²) in [4.78, 5) is 0. The van der Waals surface area contributed by atoms with Crippen molar-refractivity contribution in [3.05, 3.63) is 30.5 Å². The van der Waals surface area contributed by atoms with Crippen LogP contribution in [0.15, 0.2) is 35.5 Å². The third-order valence-electron chi connectivity index (χ3n) is 5.14. The number of benzene rings is 1. The first kappa shape index (κ1) is 22.8. The first-order valence-corrected chi connectivity index (χ1v) is 11.3. The zero-order chi connectivity index (χ0) is 22.9. The van der Waals surface area contributed by atoms with Gasteiger partial charge in [0.15, 0.2) is 6.29 Å². The van der Waals surface area contributed by atoms with E-state index in [9.17, 15) is 21.6 Å². The monoisotopic (exact) mass is 477 g/mol. The number of rotatable bonds is 6. The van der Waals surface area contributed by atoms with Gasteiger partial charge in [-0.15, -0.1) is 18.3 Å². The van der Waals surface area contributed by atoms with E-state index in [0.717, 1.165) is 6.42 Å². The van der Waals surface area contributed by atoms with Crippen LogP contribution in [0.4, 0.5) is 18.9 Å². The maximum atomic E-state index is 13.0. The highest BCUT2D eigenvalue weighted by molar-refractivity contribution is 7.89. The van der Waals surface area contributed by atoms with Gasteiger partial charge < -0.3 is 19.5 Å². The third kappa shape index (κ3) is 5.14. The third-order valence-corrected chi connectivity index (χ3v) is 6.83. The zero-order valence-corrected chi connectivity index (χ0v) is 17.8. The number of nitrogens with one attached hydrogen (secondary N) is 1. The maximum absolute atomic E-state index is 13.0. The summed E-state index contributed by atoms with van der Waals surface area (Å²) in [7, 11) is -2.37. The van der Waals surface area contributed by atoms with Gasteiger partial charge in [-0.3, -0.25) is 4.68 Å². The molecule has 1 aromatic heterocycles. The molecule has 10 nitrogen and oxygen atoms in total. The number of nitrogens with zero attached hydrogens (tertiary/aromatic N) is 4. The van der Waals surface area contributed by atoms with Crippen LogP contribution in [-0.4, -0.2) is 72.7 Å². The van der Waals surface area contributed by atoms with Gasteiger partial charge in [0.2, 0.25) is 5.03 Å². The molecule has 2 saturated heterocycles. The van der Waals surface area contributed by atoms with E-state index in [1.165, 1.54) is 33.4 Å². The summed E-state index contributed by atoms with van der Waals surface area (Å²) in [6, 6.07) is 4.87. The van der Waals surface area contributed by atoms with Crippen LogP contribution < -0.4 is 10.1 Å². The molecule has 0 spiro atoms. The fourth-order valence-electron chi connectivity index (χ4n) is 3.74. The topological polar surface area (TPSA) is 108 Å². The van der Waals surface area contributed by atoms with Gasteiger partial charge in [0, 0.05) is 43.9 Å². The predicted octanol–water partition coefficient (Wildman–Crippen LogP) is 1.58. The number of hydrogen-bond donors (Lipinski definition) is 1. The molecule has 0 saturated carbocycles. The maximum Gasteiger partial charge on any atom is 0.573 e. The molecule has 32 heavy (non-hydrogen) atoms. The molecule has 14 heteroatoms. The molecule has 2 aliphatic rings. The van der Waals surface area contributed by atoms with Crippen LogP contribution in [0.5, 0.6) is 5.75 Å². The van der Waals surface area contributed by atoms with Crippen LogP contribution in [0.2, 0.25) is 0 Å². The minimum atomic E-state index is -4.82. The molecular weight excluding hydrogens is 455 g/mol. The van der Waals surface area contributed by atoms with Crippen LogP contribution in [0.25, 0.3) is 0 Å². The van der Waals surface area contributed by atoms with Gasteiger partial charge in [-0.25, -0.2) is 8.42 Å². The lowest BCUT2D eigenvalue weighted by atomic mass is 10.0. The van der Waals surface area contributed by atoms with E-state index < -0.39 is 34.6 Å². The fraction of sp³-hybridized carbons (Fsp3) is 0.556. The Balaban J connectivity index is 1.56. The molecule has 3 heterocycles. The number of hydrogen-bond acceptors (Lipinski definition) is 8. The Kier molecular flexibility index (Phi) is 6.29. The van der Waals surface area contributed by atoms with Crippen molar-refractivity contribution >= 4 is 15.7 Å². The Morgan fingerprint density at radius 3 is 2.62 bits per heavy atom. The molecule has 1 aromatic carbocycles. The summed E-state index contributed by atoms with van der Waals surface area (Å²) < 4.78 is 81.7. The summed E-state index contributed by atoms with van der Waals surface area (Å²) in [5.41, 5.74) is 0.344. The fourth-order valence-corrected chi connectivity index (χ4v) is 5.16. The number of alkyl halides is 3. The molecular formula is C18H22F3N5O5S. The number of sulfonamides is 1. The second-order valence-electron chi connectivity index (χ2n) is 7.51. The van der Waals surface area contributed by atoms with Crippen LogP contribution in [-0.2, 0) is 26.5 Å². The molecule has 1 N–H and O–H groups in total. The van der Waals surface area contributed by atoms with Gasteiger partial charge in [-0.05, 0) is 18.6 Å². The van der Waals surface area contributed by atoms with Crippen molar-refractivity contribution < 1.29 is 35.8 Å². The lowest BCUT2D eigenvalue weighted by Gasteiger charge is -2.31. The standard InChI is InChI=1S/C18H22F3N5O5S/c1-25-11-16(23-24-25)32(27,28)26-9-14(17-29-6-3-7-30-17)15(10-26)22-12-4-2-5-13(8-12)31-18(19,20)21/h2,4-5,8,11,14-15,17,22H,3,6-7,9-10H2,1H3/t14-,15-/m0/s1. The number of aryl methyl sites for hydroxylation is 1. The Morgan fingerprint density at radius 1 is 1.22 bits per heavy atom. The van der Waals surface area contributed by atoms with Gasteiger partial charge >= 0.3 is 6.36 Å². The Labute approximate surface area is 182 Å². The highest BCUT2D eigenvalue weighted by Gasteiger charge is 2.45. The summed E-state index contributed by atoms with van der Waals surface area (Å²) in [5, 5.41) is 10.3. The Hall–Kier alpha value is -2.42. The molecule has 0 aliphatic carbocycles. The van der Waals surface area contributed by atoms with Gasteiger partial charge in [0.1, 0.15) is 5.75 Å². The largest absolute Gasteiger partial charge is 0.573 e. The van der Waals surface area contributed by atoms with Gasteiger partial charge in [-0.2, -0.15) is 4.31 Å². The number of ether oxygens (including phenoxy) is 3. The summed E-state index contributed by atoms with van der Waals surface area (Å²) in [6.45, 7) is 1.07. The number of halogens is 3. The smallest absolute Gasteiger partial charge is 0.406 e. The highest BCUT2D eigenvalue weighted by atomic mass is 32.2. The molecule has 0 bridgehead atoms. The Morgan fingerprint density at radius 2 is 1.97 bits per heavy atom. The van der Waals surface area contributed by atoms with Gasteiger partial charge in [-0.1, -0.05) is 11.3 Å². The van der Waals surface area contributed by atoms with Crippen molar-refractivity contribution in [1.29, 1.82) is 0 Å². The SMILES string of the molecule is Cn1cc(S(=O)(=O)N2C[C@H](Nc3cccc(OC(F)(F)F)c3)[C@@H](C3OCCCO3)C2)nn1. The van der Waals surface area contributed by atoms with Crippen LogP contribution in [0.3, 0.4) is 0 Å². The molecule has 4 rings (SSSR count). The minimum Gasteiger partial charge on any atom is -0.406 e. The summed E-state index contributed by atoms with van der Waals surface area (Å²) in [5.74, 6) is -0.791. The quantitative estimate of drug-likeness (QED) is 0.668. The van der Waals surface area contributed by atoms with E-state index in [1.807, 2.05) is 0 Å². The van der Waals surface area contributed by atoms with Crippen molar-refractivity contribution in [2.75, 3.05) is 31.6 Å². The van der Waals surface area contributed by atoms with Crippen molar-refractivity contribution in [2.45, 2.75) is 30.1 Å².